The van der Waals surface area contributed by atoms with Gasteiger partial charge in [-0.25, -0.2) is 9.37 Å². The summed E-state index contributed by atoms with van der Waals surface area (Å²) in [5.74, 6) is -0.712. The second kappa shape index (κ2) is 7.86. The molecule has 0 saturated carbocycles. The molecule has 2 N–H and O–H groups in total. The van der Waals surface area contributed by atoms with Crippen molar-refractivity contribution in [3.8, 4) is 0 Å². The van der Waals surface area contributed by atoms with Gasteiger partial charge in [0.2, 0.25) is 11.8 Å². The molecule has 8 heteroatoms. The molecule has 1 aromatic carbocycles. The van der Waals surface area contributed by atoms with Gasteiger partial charge in [-0.2, -0.15) is 0 Å². The van der Waals surface area contributed by atoms with Crippen molar-refractivity contribution < 1.29 is 14.0 Å². The molecule has 0 saturated heterocycles. The van der Waals surface area contributed by atoms with Gasteiger partial charge in [-0.1, -0.05) is 0 Å². The van der Waals surface area contributed by atoms with E-state index < -0.39 is 0 Å². The second-order valence-electron chi connectivity index (χ2n) is 4.38. The van der Waals surface area contributed by atoms with Gasteiger partial charge in [-0.15, -0.1) is 22.9 Å². The number of hydrogen-bond donors (Lipinski definition) is 2. The first kappa shape index (κ1) is 16.4. The van der Waals surface area contributed by atoms with Gasteiger partial charge < -0.3 is 10.6 Å². The van der Waals surface area contributed by atoms with Gasteiger partial charge in [0.1, 0.15) is 5.82 Å². The van der Waals surface area contributed by atoms with Gasteiger partial charge in [0, 0.05) is 23.9 Å². The van der Waals surface area contributed by atoms with Crippen LogP contribution < -0.4 is 10.6 Å². The maximum Gasteiger partial charge on any atom is 0.226 e. The summed E-state index contributed by atoms with van der Waals surface area (Å²) in [6, 6.07) is 5.41. The fraction of sp³-hybridized carbons (Fsp3) is 0.214. The van der Waals surface area contributed by atoms with Gasteiger partial charge in [0.05, 0.1) is 11.6 Å². The standard InChI is InChI=1S/C14H13ClFN3O2S/c15-7-11-8-22-14(18-11)19-13(21)6-5-12(20)17-10-3-1-9(16)2-4-10/h1-4,8H,5-7H2,(H,17,20)(H,18,19,21). The van der Waals surface area contributed by atoms with Crippen molar-refractivity contribution in [2.75, 3.05) is 10.6 Å². The summed E-state index contributed by atoms with van der Waals surface area (Å²) in [5.41, 5.74) is 1.18. The SMILES string of the molecule is O=C(CCC(=O)Nc1nc(CCl)cs1)Nc1ccc(F)cc1. The summed E-state index contributed by atoms with van der Waals surface area (Å²) in [5, 5.41) is 7.40. The Kier molecular flexibility index (Phi) is 5.85. The van der Waals surface area contributed by atoms with Crippen LogP contribution in [0.4, 0.5) is 15.2 Å². The van der Waals surface area contributed by atoms with Crippen LogP contribution in [0.25, 0.3) is 0 Å². The predicted octanol–water partition coefficient (Wildman–Crippen LogP) is 3.38. The van der Waals surface area contributed by atoms with Crippen molar-refractivity contribution in [3.05, 3.63) is 41.2 Å². The average molecular weight is 342 g/mol. The minimum atomic E-state index is -0.378. The van der Waals surface area contributed by atoms with E-state index in [1.54, 1.807) is 5.38 Å². The highest BCUT2D eigenvalue weighted by atomic mass is 35.5. The molecule has 5 nitrogen and oxygen atoms in total. The van der Waals surface area contributed by atoms with E-state index in [1.807, 2.05) is 0 Å². The average Bonchev–Trinajstić information content (AvgIpc) is 2.95. The number of halogens is 2. The molecule has 0 fully saturated rings. The molecule has 0 aliphatic heterocycles. The summed E-state index contributed by atoms with van der Waals surface area (Å²) < 4.78 is 12.7. The number of aromatic nitrogens is 1. The minimum Gasteiger partial charge on any atom is -0.326 e. The summed E-state index contributed by atoms with van der Waals surface area (Å²) in [6.45, 7) is 0. The van der Waals surface area contributed by atoms with E-state index in [-0.39, 0.29) is 36.4 Å². The van der Waals surface area contributed by atoms with Gasteiger partial charge in [0.25, 0.3) is 0 Å². The van der Waals surface area contributed by atoms with Crippen LogP contribution in [0.15, 0.2) is 29.6 Å². The van der Waals surface area contributed by atoms with Gasteiger partial charge in [-0.3, -0.25) is 9.59 Å². The van der Waals surface area contributed by atoms with E-state index in [0.717, 1.165) is 0 Å². The van der Waals surface area contributed by atoms with Crippen LogP contribution in [-0.4, -0.2) is 16.8 Å². The van der Waals surface area contributed by atoms with Crippen molar-refractivity contribution in [1.29, 1.82) is 0 Å². The number of amides is 2. The third kappa shape index (κ3) is 5.09. The molecule has 2 aromatic rings. The zero-order chi connectivity index (χ0) is 15.9. The largest absolute Gasteiger partial charge is 0.326 e. The summed E-state index contributed by atoms with van der Waals surface area (Å²) >= 11 is 6.90. The normalized spacial score (nSPS) is 10.3. The summed E-state index contributed by atoms with van der Waals surface area (Å²) in [4.78, 5) is 27.5. The number of carbonyl (C=O) groups excluding carboxylic acids is 2. The van der Waals surface area contributed by atoms with E-state index >= 15 is 0 Å². The number of carbonyl (C=O) groups is 2. The number of nitrogens with zero attached hydrogens (tertiary/aromatic N) is 1. The first-order valence-electron chi connectivity index (χ1n) is 6.42. The van der Waals surface area contributed by atoms with E-state index in [9.17, 15) is 14.0 Å². The zero-order valence-corrected chi connectivity index (χ0v) is 13.0. The molecule has 22 heavy (non-hydrogen) atoms. The Morgan fingerprint density at radius 3 is 2.36 bits per heavy atom. The van der Waals surface area contributed by atoms with E-state index in [1.165, 1.54) is 35.6 Å². The van der Waals surface area contributed by atoms with Crippen molar-refractivity contribution in [2.24, 2.45) is 0 Å². The van der Waals surface area contributed by atoms with Crippen molar-refractivity contribution in [1.82, 2.24) is 4.98 Å². The molecular formula is C14H13ClFN3O2S. The zero-order valence-electron chi connectivity index (χ0n) is 11.4. The third-order valence-corrected chi connectivity index (χ3v) is 3.72. The van der Waals surface area contributed by atoms with E-state index in [0.29, 0.717) is 16.5 Å². The number of nitrogens with one attached hydrogen (secondary N) is 2. The molecule has 0 aliphatic carbocycles. The molecule has 2 rings (SSSR count). The topological polar surface area (TPSA) is 71.1 Å². The lowest BCUT2D eigenvalue weighted by Crippen LogP contribution is -2.17. The number of hydrogen-bond acceptors (Lipinski definition) is 4. The minimum absolute atomic E-state index is 0.0248. The highest BCUT2D eigenvalue weighted by molar-refractivity contribution is 7.13. The molecule has 0 bridgehead atoms. The van der Waals surface area contributed by atoms with Crippen LogP contribution in [-0.2, 0) is 15.5 Å². The van der Waals surface area contributed by atoms with Crippen LogP contribution >= 0.6 is 22.9 Å². The van der Waals surface area contributed by atoms with Gasteiger partial charge in [-0.05, 0) is 24.3 Å². The Morgan fingerprint density at radius 1 is 1.14 bits per heavy atom. The van der Waals surface area contributed by atoms with E-state index in [2.05, 4.69) is 15.6 Å². The maximum absolute atomic E-state index is 12.7. The Hall–Kier alpha value is -1.99. The first-order valence-corrected chi connectivity index (χ1v) is 7.84. The predicted molar refractivity (Wildman–Crippen MR) is 84.6 cm³/mol. The Morgan fingerprint density at radius 2 is 1.77 bits per heavy atom. The fourth-order valence-corrected chi connectivity index (χ4v) is 2.55. The maximum atomic E-state index is 12.7. The number of thiazole rings is 1. The number of alkyl halides is 1. The van der Waals surface area contributed by atoms with Gasteiger partial charge in [0.15, 0.2) is 5.13 Å². The molecule has 0 unspecified atom stereocenters. The second-order valence-corrected chi connectivity index (χ2v) is 5.51. The molecule has 1 heterocycles. The highest BCUT2D eigenvalue weighted by Crippen LogP contribution is 2.17. The number of rotatable bonds is 6. The highest BCUT2D eigenvalue weighted by Gasteiger charge is 2.09. The van der Waals surface area contributed by atoms with Crippen LogP contribution in [0.1, 0.15) is 18.5 Å². The monoisotopic (exact) mass is 341 g/mol. The summed E-state index contributed by atoms with van der Waals surface area (Å²) in [7, 11) is 0. The molecule has 0 spiro atoms. The lowest BCUT2D eigenvalue weighted by atomic mass is 10.2. The molecular weight excluding hydrogens is 329 g/mol. The number of benzene rings is 1. The quantitative estimate of drug-likeness (QED) is 0.791. The van der Waals surface area contributed by atoms with E-state index in [4.69, 9.17) is 11.6 Å². The Labute approximate surface area is 135 Å². The van der Waals surface area contributed by atoms with Crippen LogP contribution in [0.3, 0.4) is 0 Å². The van der Waals surface area contributed by atoms with Gasteiger partial charge >= 0.3 is 0 Å². The van der Waals surface area contributed by atoms with Crippen LogP contribution in [0.2, 0.25) is 0 Å². The van der Waals surface area contributed by atoms with Crippen LogP contribution in [0.5, 0.6) is 0 Å². The molecule has 2 amide bonds. The third-order valence-electron chi connectivity index (χ3n) is 2.64. The molecule has 0 aliphatic rings. The van der Waals surface area contributed by atoms with Crippen molar-refractivity contribution >= 4 is 45.6 Å². The van der Waals surface area contributed by atoms with Crippen molar-refractivity contribution in [3.63, 3.8) is 0 Å². The Bertz CT molecular complexity index is 660. The van der Waals surface area contributed by atoms with Crippen molar-refractivity contribution in [2.45, 2.75) is 18.7 Å². The van der Waals surface area contributed by atoms with Crippen LogP contribution in [0, 0.1) is 5.82 Å². The summed E-state index contributed by atoms with van der Waals surface area (Å²) in [6.07, 6.45) is 0.0553. The molecule has 116 valence electrons. The first-order chi connectivity index (χ1) is 10.6. The fourth-order valence-electron chi connectivity index (χ4n) is 1.59. The lowest BCUT2D eigenvalue weighted by Gasteiger charge is -2.05. The molecule has 0 atom stereocenters. The molecule has 0 radical (unpaired) electrons. The Balaban J connectivity index is 1.75. The smallest absolute Gasteiger partial charge is 0.226 e. The number of anilines is 2. The molecule has 1 aromatic heterocycles. The lowest BCUT2D eigenvalue weighted by molar-refractivity contribution is -0.121.